The average molecular weight is 260 g/mol. The van der Waals surface area contributed by atoms with Crippen LogP contribution in [0, 0.1) is 0 Å². The highest BCUT2D eigenvalue weighted by atomic mass is 16.5. The van der Waals surface area contributed by atoms with Gasteiger partial charge in [0.2, 0.25) is 0 Å². The van der Waals surface area contributed by atoms with Crippen molar-refractivity contribution in [1.29, 1.82) is 0 Å². The zero-order valence-corrected chi connectivity index (χ0v) is 12.5. The number of hydrogen-bond acceptors (Lipinski definition) is 3. The van der Waals surface area contributed by atoms with Gasteiger partial charge >= 0.3 is 5.97 Å². The Morgan fingerprint density at radius 1 is 0.889 bits per heavy atom. The zero-order chi connectivity index (χ0) is 14.1. The molecule has 0 atom stereocenters. The Morgan fingerprint density at radius 3 is 1.89 bits per heavy atom. The molecular formula is C15H32O3. The van der Waals surface area contributed by atoms with Crippen molar-refractivity contribution >= 4 is 5.97 Å². The fourth-order valence-corrected chi connectivity index (χ4v) is 1.29. The first kappa shape index (κ1) is 19.8. The fourth-order valence-electron chi connectivity index (χ4n) is 1.29. The molecule has 3 nitrogen and oxygen atoms in total. The van der Waals surface area contributed by atoms with Crippen LogP contribution in [0.25, 0.3) is 0 Å². The van der Waals surface area contributed by atoms with Crippen molar-refractivity contribution in [1.82, 2.24) is 0 Å². The summed E-state index contributed by atoms with van der Waals surface area (Å²) in [7, 11) is 0. The van der Waals surface area contributed by atoms with E-state index in [1.165, 1.54) is 12.8 Å². The van der Waals surface area contributed by atoms with Crippen molar-refractivity contribution in [2.75, 3.05) is 13.2 Å². The lowest BCUT2D eigenvalue weighted by atomic mass is 10.2. The molecule has 0 amide bonds. The predicted molar refractivity (Wildman–Crippen MR) is 76.6 cm³/mol. The second-order valence-corrected chi connectivity index (χ2v) is 4.46. The summed E-state index contributed by atoms with van der Waals surface area (Å²) in [6, 6.07) is 0. The van der Waals surface area contributed by atoms with E-state index in [4.69, 9.17) is 9.84 Å². The second kappa shape index (κ2) is 18.8. The lowest BCUT2D eigenvalue weighted by molar-refractivity contribution is -0.143. The summed E-state index contributed by atoms with van der Waals surface area (Å²) < 4.78 is 5.01. The van der Waals surface area contributed by atoms with Crippen LogP contribution in [-0.4, -0.2) is 24.3 Å². The minimum Gasteiger partial charge on any atom is -0.466 e. The first-order valence-corrected chi connectivity index (χ1v) is 7.49. The summed E-state index contributed by atoms with van der Waals surface area (Å²) in [6.07, 6.45) is 9.26. The Bertz CT molecular complexity index is 154. The molecule has 0 unspecified atom stereocenters. The summed E-state index contributed by atoms with van der Waals surface area (Å²) in [5.41, 5.74) is 0. The third-order valence-electron chi connectivity index (χ3n) is 2.51. The van der Waals surface area contributed by atoms with Gasteiger partial charge in [-0.2, -0.15) is 0 Å². The number of unbranched alkanes of at least 4 members (excludes halogenated alkanes) is 5. The maximum absolute atomic E-state index is 10.9. The lowest BCUT2D eigenvalue weighted by Crippen LogP contribution is -2.05. The number of ether oxygens (including phenoxy) is 1. The highest BCUT2D eigenvalue weighted by Gasteiger charge is 1.99. The predicted octanol–water partition coefficient (Wildman–Crippen LogP) is 4.08. The van der Waals surface area contributed by atoms with Crippen molar-refractivity contribution in [3.63, 3.8) is 0 Å². The highest BCUT2D eigenvalue weighted by Crippen LogP contribution is 1.99. The number of esters is 1. The molecule has 0 saturated carbocycles. The van der Waals surface area contributed by atoms with E-state index in [2.05, 4.69) is 20.8 Å². The van der Waals surface area contributed by atoms with Crippen LogP contribution in [0.5, 0.6) is 0 Å². The molecule has 1 N–H and O–H groups in total. The van der Waals surface area contributed by atoms with Crippen LogP contribution in [0.15, 0.2) is 0 Å². The van der Waals surface area contributed by atoms with Gasteiger partial charge in [0, 0.05) is 13.0 Å². The lowest BCUT2D eigenvalue weighted by Gasteiger charge is -2.02. The monoisotopic (exact) mass is 260 g/mol. The van der Waals surface area contributed by atoms with Crippen LogP contribution >= 0.6 is 0 Å². The molecule has 0 aliphatic rings. The molecule has 0 saturated heterocycles. The second-order valence-electron chi connectivity index (χ2n) is 4.46. The Hall–Kier alpha value is -0.570. The minimum atomic E-state index is -0.0343. The molecule has 0 aliphatic carbocycles. The molecule has 0 bridgehead atoms. The molecule has 0 heterocycles. The largest absolute Gasteiger partial charge is 0.466 e. The molecule has 0 rings (SSSR count). The molecule has 3 heteroatoms. The van der Waals surface area contributed by atoms with E-state index in [-0.39, 0.29) is 5.97 Å². The van der Waals surface area contributed by atoms with Gasteiger partial charge in [0.1, 0.15) is 0 Å². The molecule has 0 aromatic heterocycles. The maximum Gasteiger partial charge on any atom is 0.305 e. The van der Waals surface area contributed by atoms with E-state index < -0.39 is 0 Å². The molecule has 0 aromatic carbocycles. The Morgan fingerprint density at radius 2 is 1.44 bits per heavy atom. The van der Waals surface area contributed by atoms with Crippen LogP contribution in [-0.2, 0) is 9.53 Å². The fraction of sp³-hybridized carbons (Fsp3) is 0.933. The standard InChI is InChI=1S/C10H20O2.C5H12O/c1-3-5-7-9-12-10(11)8-6-4-2;1-2-3-4-5-6/h3-9H2,1-2H3;6H,2-5H2,1H3. The third-order valence-corrected chi connectivity index (χ3v) is 2.51. The van der Waals surface area contributed by atoms with Gasteiger partial charge in [-0.05, 0) is 19.3 Å². The van der Waals surface area contributed by atoms with Crippen LogP contribution in [0.2, 0.25) is 0 Å². The molecule has 18 heavy (non-hydrogen) atoms. The summed E-state index contributed by atoms with van der Waals surface area (Å²) in [5.74, 6) is -0.0343. The number of carbonyl (C=O) groups is 1. The number of aliphatic hydroxyl groups excluding tert-OH is 1. The van der Waals surface area contributed by atoms with Gasteiger partial charge in [0.05, 0.1) is 6.61 Å². The van der Waals surface area contributed by atoms with Crippen LogP contribution < -0.4 is 0 Å². The SMILES string of the molecule is CCCCCO.CCCCCOC(=O)CCCC. The number of aliphatic hydroxyl groups is 1. The molecular weight excluding hydrogens is 228 g/mol. The van der Waals surface area contributed by atoms with Gasteiger partial charge in [-0.3, -0.25) is 4.79 Å². The Balaban J connectivity index is 0. The number of hydrogen-bond donors (Lipinski definition) is 1. The van der Waals surface area contributed by atoms with Gasteiger partial charge in [-0.25, -0.2) is 0 Å². The van der Waals surface area contributed by atoms with Crippen molar-refractivity contribution in [3.8, 4) is 0 Å². The van der Waals surface area contributed by atoms with Crippen LogP contribution in [0.4, 0.5) is 0 Å². The van der Waals surface area contributed by atoms with E-state index in [0.717, 1.165) is 38.5 Å². The van der Waals surface area contributed by atoms with Crippen molar-refractivity contribution in [2.45, 2.75) is 78.6 Å². The molecule has 0 aromatic rings. The van der Waals surface area contributed by atoms with E-state index in [1.54, 1.807) is 0 Å². The normalized spacial score (nSPS) is 9.56. The summed E-state index contributed by atoms with van der Waals surface area (Å²) >= 11 is 0. The first-order chi connectivity index (χ1) is 8.72. The topological polar surface area (TPSA) is 46.5 Å². The quantitative estimate of drug-likeness (QED) is 0.475. The van der Waals surface area contributed by atoms with Crippen molar-refractivity contribution in [2.24, 2.45) is 0 Å². The third kappa shape index (κ3) is 20.8. The van der Waals surface area contributed by atoms with Gasteiger partial charge in [0.15, 0.2) is 0 Å². The van der Waals surface area contributed by atoms with Gasteiger partial charge in [0.25, 0.3) is 0 Å². The van der Waals surface area contributed by atoms with E-state index in [9.17, 15) is 4.79 Å². The average Bonchev–Trinajstić information content (AvgIpc) is 2.39. The number of carbonyl (C=O) groups excluding carboxylic acids is 1. The smallest absolute Gasteiger partial charge is 0.305 e. The molecule has 0 radical (unpaired) electrons. The summed E-state index contributed by atoms with van der Waals surface area (Å²) in [5, 5.41) is 8.20. The summed E-state index contributed by atoms with van der Waals surface area (Å²) in [6.45, 7) is 7.29. The van der Waals surface area contributed by atoms with Gasteiger partial charge < -0.3 is 9.84 Å². The van der Waals surface area contributed by atoms with Gasteiger partial charge in [-0.1, -0.05) is 52.9 Å². The first-order valence-electron chi connectivity index (χ1n) is 7.49. The maximum atomic E-state index is 10.9. The molecule has 0 aliphatic heterocycles. The highest BCUT2D eigenvalue weighted by molar-refractivity contribution is 5.69. The van der Waals surface area contributed by atoms with Crippen molar-refractivity contribution in [3.05, 3.63) is 0 Å². The van der Waals surface area contributed by atoms with E-state index in [1.807, 2.05) is 0 Å². The Labute approximate surface area is 113 Å². The van der Waals surface area contributed by atoms with Crippen molar-refractivity contribution < 1.29 is 14.6 Å². The zero-order valence-electron chi connectivity index (χ0n) is 12.5. The molecule has 0 fully saturated rings. The van der Waals surface area contributed by atoms with E-state index >= 15 is 0 Å². The van der Waals surface area contributed by atoms with Crippen LogP contribution in [0.3, 0.4) is 0 Å². The van der Waals surface area contributed by atoms with Gasteiger partial charge in [-0.15, -0.1) is 0 Å². The minimum absolute atomic E-state index is 0.0343. The van der Waals surface area contributed by atoms with Crippen LogP contribution in [0.1, 0.15) is 78.6 Å². The van der Waals surface area contributed by atoms with E-state index in [0.29, 0.717) is 19.6 Å². The molecule has 0 spiro atoms. The summed E-state index contributed by atoms with van der Waals surface area (Å²) in [4.78, 5) is 10.9. The Kier molecular flexibility index (Phi) is 20.6. The molecule has 110 valence electrons. The number of rotatable bonds is 10.